The molecule has 1 aromatic heterocycles. The summed E-state index contributed by atoms with van der Waals surface area (Å²) in [5, 5.41) is 0.496. The largest absolute Gasteiger partial charge is 0.466 e. The van der Waals surface area contributed by atoms with E-state index in [0.29, 0.717) is 56.3 Å². The summed E-state index contributed by atoms with van der Waals surface area (Å²) in [6.45, 7) is 5.45. The molecule has 0 aliphatic carbocycles. The molecule has 1 aliphatic heterocycles. The molecule has 0 saturated carbocycles. The predicted molar refractivity (Wildman–Crippen MR) is 130 cm³/mol. The van der Waals surface area contributed by atoms with Crippen molar-refractivity contribution < 1.29 is 19.1 Å². The second-order valence-corrected chi connectivity index (χ2v) is 9.18. The number of hydrogen-bond donors (Lipinski definition) is 0. The van der Waals surface area contributed by atoms with Crippen LogP contribution < -0.4 is 4.74 Å². The van der Waals surface area contributed by atoms with Crippen molar-refractivity contribution in [1.29, 1.82) is 0 Å². The molecular formula is C26H29N3O4S. The van der Waals surface area contributed by atoms with E-state index in [1.807, 2.05) is 36.1 Å². The number of aryl methyl sites for hydroxylation is 1. The molecule has 0 radical (unpaired) electrons. The minimum atomic E-state index is -0.150. The van der Waals surface area contributed by atoms with E-state index < -0.39 is 0 Å². The van der Waals surface area contributed by atoms with Gasteiger partial charge in [0.05, 0.1) is 18.9 Å². The Balaban J connectivity index is 1.26. The summed E-state index contributed by atoms with van der Waals surface area (Å²) in [6, 6.07) is 15.8. The standard InChI is InChI=1S/C26H29N3O4S/c1-3-32-25(31)21-12-14-29(15-13-21)24(30)17-20-8-10-22(11-9-20)33-26-27-23(28-34-26)16-19-6-4-18(2)5-7-19/h4-11,21H,3,12-17H2,1-2H3. The zero-order valence-corrected chi connectivity index (χ0v) is 20.3. The van der Waals surface area contributed by atoms with E-state index in [1.165, 1.54) is 17.1 Å². The lowest BCUT2D eigenvalue weighted by Gasteiger charge is -2.31. The van der Waals surface area contributed by atoms with Gasteiger partial charge in [-0.05, 0) is 49.9 Å². The van der Waals surface area contributed by atoms with Crippen LogP contribution in [0.1, 0.15) is 42.3 Å². The fourth-order valence-corrected chi connectivity index (χ4v) is 4.50. The maximum atomic E-state index is 12.7. The lowest BCUT2D eigenvalue weighted by molar-refractivity contribution is -0.151. The average Bonchev–Trinajstić information content (AvgIpc) is 3.28. The van der Waals surface area contributed by atoms with Crippen molar-refractivity contribution >= 4 is 23.4 Å². The molecule has 4 rings (SSSR count). The van der Waals surface area contributed by atoms with Crippen molar-refractivity contribution in [2.45, 2.75) is 39.5 Å². The van der Waals surface area contributed by atoms with Gasteiger partial charge in [-0.3, -0.25) is 9.59 Å². The zero-order chi connectivity index (χ0) is 23.9. The Kier molecular flexibility index (Phi) is 7.90. The predicted octanol–water partition coefficient (Wildman–Crippen LogP) is 4.57. The lowest BCUT2D eigenvalue weighted by atomic mass is 9.96. The Labute approximate surface area is 203 Å². The number of piperidine rings is 1. The van der Waals surface area contributed by atoms with Crippen LogP contribution in [0.2, 0.25) is 0 Å². The second-order valence-electron chi connectivity index (χ2n) is 8.47. The van der Waals surface area contributed by atoms with Gasteiger partial charge in [0.15, 0.2) is 5.82 Å². The molecule has 178 valence electrons. The number of amides is 1. The van der Waals surface area contributed by atoms with E-state index in [2.05, 4.69) is 40.5 Å². The van der Waals surface area contributed by atoms with Gasteiger partial charge in [-0.15, -0.1) is 0 Å². The summed E-state index contributed by atoms with van der Waals surface area (Å²) >= 11 is 1.23. The molecule has 0 N–H and O–H groups in total. The van der Waals surface area contributed by atoms with E-state index in [0.717, 1.165) is 17.0 Å². The topological polar surface area (TPSA) is 81.6 Å². The van der Waals surface area contributed by atoms with Gasteiger partial charge in [-0.1, -0.05) is 42.0 Å². The number of esters is 1. The molecule has 7 nitrogen and oxygen atoms in total. The SMILES string of the molecule is CCOC(=O)C1CCN(C(=O)Cc2ccc(Oc3nc(Cc4ccc(C)cc4)ns3)cc2)CC1. The first-order valence-corrected chi connectivity index (χ1v) is 12.4. The van der Waals surface area contributed by atoms with Gasteiger partial charge in [0.1, 0.15) is 5.75 Å². The average molecular weight is 480 g/mol. The maximum absolute atomic E-state index is 12.7. The number of ether oxygens (including phenoxy) is 2. The highest BCUT2D eigenvalue weighted by atomic mass is 32.1. The summed E-state index contributed by atoms with van der Waals surface area (Å²) in [6.07, 6.45) is 2.30. The second kappa shape index (κ2) is 11.2. The summed E-state index contributed by atoms with van der Waals surface area (Å²) < 4.78 is 15.3. The van der Waals surface area contributed by atoms with Crippen LogP contribution in [0.5, 0.6) is 10.9 Å². The molecule has 1 saturated heterocycles. The smallest absolute Gasteiger partial charge is 0.309 e. The first-order valence-electron chi connectivity index (χ1n) is 11.6. The van der Waals surface area contributed by atoms with Gasteiger partial charge < -0.3 is 14.4 Å². The van der Waals surface area contributed by atoms with E-state index >= 15 is 0 Å². The minimum Gasteiger partial charge on any atom is -0.466 e. The molecule has 8 heteroatoms. The summed E-state index contributed by atoms with van der Waals surface area (Å²) in [4.78, 5) is 30.9. The van der Waals surface area contributed by atoms with Crippen molar-refractivity contribution in [3.05, 3.63) is 71.0 Å². The third kappa shape index (κ3) is 6.41. The number of hydrogen-bond acceptors (Lipinski definition) is 7. The van der Waals surface area contributed by atoms with Crippen LogP contribution in [0, 0.1) is 12.8 Å². The van der Waals surface area contributed by atoms with Crippen LogP contribution in [0.25, 0.3) is 0 Å². The molecule has 0 atom stereocenters. The maximum Gasteiger partial charge on any atom is 0.309 e. The number of likely N-dealkylation sites (tertiary alicyclic amines) is 1. The van der Waals surface area contributed by atoms with E-state index in [1.54, 1.807) is 0 Å². The van der Waals surface area contributed by atoms with E-state index in [9.17, 15) is 9.59 Å². The highest BCUT2D eigenvalue weighted by Gasteiger charge is 2.28. The first kappa shape index (κ1) is 23.9. The monoisotopic (exact) mass is 479 g/mol. The molecule has 34 heavy (non-hydrogen) atoms. The van der Waals surface area contributed by atoms with E-state index in [-0.39, 0.29) is 17.8 Å². The van der Waals surface area contributed by atoms with Gasteiger partial charge in [-0.2, -0.15) is 9.36 Å². The molecule has 0 spiro atoms. The molecule has 2 aromatic carbocycles. The lowest BCUT2D eigenvalue weighted by Crippen LogP contribution is -2.41. The molecule has 1 amide bonds. The van der Waals surface area contributed by atoms with Crippen molar-refractivity contribution in [3.8, 4) is 10.9 Å². The van der Waals surface area contributed by atoms with Crippen LogP contribution in [0.3, 0.4) is 0 Å². The van der Waals surface area contributed by atoms with Crippen molar-refractivity contribution in [2.75, 3.05) is 19.7 Å². The Morgan fingerprint density at radius 3 is 2.38 bits per heavy atom. The van der Waals surface area contributed by atoms with Crippen molar-refractivity contribution in [3.63, 3.8) is 0 Å². The number of nitrogens with zero attached hydrogens (tertiary/aromatic N) is 3. The van der Waals surface area contributed by atoms with Gasteiger partial charge in [0.25, 0.3) is 5.19 Å². The molecule has 2 heterocycles. The third-order valence-electron chi connectivity index (χ3n) is 5.88. The number of aromatic nitrogens is 2. The van der Waals surface area contributed by atoms with Crippen molar-refractivity contribution in [2.24, 2.45) is 5.92 Å². The van der Waals surface area contributed by atoms with Gasteiger partial charge in [0.2, 0.25) is 5.91 Å². The fourth-order valence-electron chi connectivity index (χ4n) is 3.93. The zero-order valence-electron chi connectivity index (χ0n) is 19.5. The highest BCUT2D eigenvalue weighted by Crippen LogP contribution is 2.25. The van der Waals surface area contributed by atoms with Gasteiger partial charge in [-0.25, -0.2) is 0 Å². The van der Waals surface area contributed by atoms with Crippen LogP contribution in [-0.2, 0) is 27.2 Å². The van der Waals surface area contributed by atoms with Gasteiger partial charge in [0, 0.05) is 31.0 Å². The minimum absolute atomic E-state index is 0.0702. The summed E-state index contributed by atoms with van der Waals surface area (Å²) in [7, 11) is 0. The number of benzene rings is 2. The number of rotatable bonds is 8. The molecule has 0 bridgehead atoms. The molecule has 0 unspecified atom stereocenters. The number of carbonyl (C=O) groups is 2. The molecule has 1 fully saturated rings. The quantitative estimate of drug-likeness (QED) is 0.440. The summed E-state index contributed by atoms with van der Waals surface area (Å²) in [5.74, 6) is 1.21. The van der Waals surface area contributed by atoms with Crippen LogP contribution in [0.4, 0.5) is 0 Å². The summed E-state index contributed by atoms with van der Waals surface area (Å²) in [5.41, 5.74) is 3.30. The fraction of sp³-hybridized carbons (Fsp3) is 0.385. The highest BCUT2D eigenvalue weighted by molar-refractivity contribution is 7.07. The van der Waals surface area contributed by atoms with Gasteiger partial charge >= 0.3 is 5.97 Å². The Morgan fingerprint density at radius 1 is 1.03 bits per heavy atom. The van der Waals surface area contributed by atoms with Crippen LogP contribution in [-0.4, -0.2) is 45.8 Å². The van der Waals surface area contributed by atoms with Crippen LogP contribution >= 0.6 is 11.5 Å². The molecular weight excluding hydrogens is 450 g/mol. The van der Waals surface area contributed by atoms with Crippen LogP contribution in [0.15, 0.2) is 48.5 Å². The normalized spacial score (nSPS) is 14.1. The third-order valence-corrected chi connectivity index (χ3v) is 6.52. The van der Waals surface area contributed by atoms with Crippen molar-refractivity contribution in [1.82, 2.24) is 14.3 Å². The number of carbonyl (C=O) groups excluding carboxylic acids is 2. The Bertz CT molecular complexity index is 1100. The first-order chi connectivity index (χ1) is 16.5. The Morgan fingerprint density at radius 2 is 1.71 bits per heavy atom. The van der Waals surface area contributed by atoms with E-state index in [4.69, 9.17) is 9.47 Å². The Hall–Kier alpha value is -3.26. The molecule has 3 aromatic rings. The molecule has 1 aliphatic rings.